The van der Waals surface area contributed by atoms with Crippen molar-refractivity contribution in [1.29, 1.82) is 0 Å². The zero-order valence-electron chi connectivity index (χ0n) is 16.5. The molecular formula is C20H19N3O7. The SMILES string of the molecule is CC(=O)Nc1ccc(C(=O)COC(=O)c2cccc(C)c2[N+](=O)[O-])c(NC(C)=O)c1. The van der Waals surface area contributed by atoms with Crippen molar-refractivity contribution in [3.05, 3.63) is 63.2 Å². The number of nitrogens with one attached hydrogen (secondary N) is 2. The van der Waals surface area contributed by atoms with Crippen molar-refractivity contribution < 1.29 is 28.8 Å². The number of benzene rings is 2. The molecule has 0 unspecified atom stereocenters. The number of rotatable bonds is 7. The summed E-state index contributed by atoms with van der Waals surface area (Å²) in [5, 5.41) is 16.2. The number of Topliss-reactive ketones (excluding diaryl/α,β-unsaturated/α-hetero) is 1. The van der Waals surface area contributed by atoms with Gasteiger partial charge in [0.1, 0.15) is 5.56 Å². The molecule has 2 aromatic carbocycles. The number of ketones is 1. The maximum Gasteiger partial charge on any atom is 0.345 e. The molecule has 30 heavy (non-hydrogen) atoms. The average Bonchev–Trinajstić information content (AvgIpc) is 2.64. The van der Waals surface area contributed by atoms with E-state index in [1.807, 2.05) is 0 Å². The minimum Gasteiger partial charge on any atom is -0.454 e. The number of esters is 1. The van der Waals surface area contributed by atoms with Crippen LogP contribution >= 0.6 is 0 Å². The molecule has 0 aliphatic heterocycles. The second kappa shape index (κ2) is 9.41. The first-order valence-corrected chi connectivity index (χ1v) is 8.73. The standard InChI is InChI=1S/C20H19N3O7/c1-11-5-4-6-16(19(11)23(28)29)20(27)30-10-18(26)15-8-7-14(21-12(2)24)9-17(15)22-13(3)25/h4-9H,10H2,1-3H3,(H,21,24)(H,22,25). The van der Waals surface area contributed by atoms with Gasteiger partial charge in [-0.25, -0.2) is 4.79 Å². The second-order valence-electron chi connectivity index (χ2n) is 6.35. The van der Waals surface area contributed by atoms with E-state index in [1.54, 1.807) is 0 Å². The topological polar surface area (TPSA) is 145 Å². The van der Waals surface area contributed by atoms with Gasteiger partial charge in [0, 0.05) is 30.7 Å². The fourth-order valence-electron chi connectivity index (χ4n) is 2.71. The van der Waals surface area contributed by atoms with Crippen molar-refractivity contribution in [2.75, 3.05) is 17.2 Å². The first kappa shape index (κ1) is 22.2. The fourth-order valence-corrected chi connectivity index (χ4v) is 2.71. The van der Waals surface area contributed by atoms with Crippen molar-refractivity contribution in [1.82, 2.24) is 0 Å². The van der Waals surface area contributed by atoms with Crippen molar-refractivity contribution in [3.63, 3.8) is 0 Å². The Kier molecular flexibility index (Phi) is 6.97. The van der Waals surface area contributed by atoms with E-state index in [-0.39, 0.29) is 28.3 Å². The Labute approximate surface area is 171 Å². The van der Waals surface area contributed by atoms with Crippen molar-refractivity contribution >= 4 is 40.6 Å². The Bertz CT molecular complexity index is 1050. The number of ether oxygens (including phenoxy) is 1. The predicted octanol–water partition coefficient (Wildman–Crippen LogP) is 2.86. The molecule has 0 atom stereocenters. The molecule has 0 saturated carbocycles. The van der Waals surface area contributed by atoms with Crippen LogP contribution in [0.1, 0.15) is 40.1 Å². The summed E-state index contributed by atoms with van der Waals surface area (Å²) in [6, 6.07) is 8.40. The van der Waals surface area contributed by atoms with Crippen LogP contribution in [0.4, 0.5) is 17.1 Å². The number of nitrogens with zero attached hydrogens (tertiary/aromatic N) is 1. The molecule has 2 rings (SSSR count). The summed E-state index contributed by atoms with van der Waals surface area (Å²) in [7, 11) is 0. The number of hydrogen-bond donors (Lipinski definition) is 2. The molecule has 0 heterocycles. The van der Waals surface area contributed by atoms with Gasteiger partial charge in [-0.2, -0.15) is 0 Å². The Morgan fingerprint density at radius 1 is 1.00 bits per heavy atom. The average molecular weight is 413 g/mol. The van der Waals surface area contributed by atoms with E-state index in [2.05, 4.69) is 10.6 Å². The lowest BCUT2D eigenvalue weighted by Crippen LogP contribution is -2.18. The van der Waals surface area contributed by atoms with Crippen LogP contribution in [0.25, 0.3) is 0 Å². The first-order valence-electron chi connectivity index (χ1n) is 8.73. The first-order chi connectivity index (χ1) is 14.1. The molecule has 0 aliphatic rings. The largest absolute Gasteiger partial charge is 0.454 e. The molecule has 0 spiro atoms. The maximum atomic E-state index is 12.6. The molecular weight excluding hydrogens is 394 g/mol. The van der Waals surface area contributed by atoms with E-state index in [0.29, 0.717) is 5.69 Å². The number of anilines is 2. The molecule has 0 fully saturated rings. The molecule has 2 amide bonds. The van der Waals surface area contributed by atoms with Gasteiger partial charge in [0.2, 0.25) is 17.6 Å². The normalized spacial score (nSPS) is 10.1. The van der Waals surface area contributed by atoms with E-state index in [0.717, 1.165) is 0 Å². The monoisotopic (exact) mass is 413 g/mol. The molecule has 10 nitrogen and oxygen atoms in total. The van der Waals surface area contributed by atoms with Gasteiger partial charge in [0.25, 0.3) is 5.69 Å². The third-order valence-electron chi connectivity index (χ3n) is 3.93. The number of hydrogen-bond acceptors (Lipinski definition) is 7. The van der Waals surface area contributed by atoms with Crippen molar-refractivity contribution in [2.24, 2.45) is 0 Å². The van der Waals surface area contributed by atoms with Crippen LogP contribution in [-0.4, -0.2) is 35.1 Å². The molecule has 0 aromatic heterocycles. The summed E-state index contributed by atoms with van der Waals surface area (Å²) in [5.74, 6) is -2.44. The van der Waals surface area contributed by atoms with Gasteiger partial charge in [0.15, 0.2) is 6.61 Å². The second-order valence-corrected chi connectivity index (χ2v) is 6.35. The number of nitro benzene ring substituents is 1. The van der Waals surface area contributed by atoms with E-state index < -0.39 is 34.9 Å². The lowest BCUT2D eigenvalue weighted by atomic mass is 10.1. The molecule has 156 valence electrons. The molecule has 0 aliphatic carbocycles. The van der Waals surface area contributed by atoms with Crippen LogP contribution in [0.15, 0.2) is 36.4 Å². The van der Waals surface area contributed by atoms with Gasteiger partial charge in [-0.15, -0.1) is 0 Å². The minimum absolute atomic E-state index is 0.0471. The number of carbonyl (C=O) groups is 4. The van der Waals surface area contributed by atoms with Crippen LogP contribution in [0.2, 0.25) is 0 Å². The van der Waals surface area contributed by atoms with E-state index in [4.69, 9.17) is 4.74 Å². The quantitative estimate of drug-likeness (QED) is 0.307. The number of nitro groups is 1. The molecule has 0 saturated heterocycles. The Morgan fingerprint density at radius 2 is 1.67 bits per heavy atom. The van der Waals surface area contributed by atoms with Gasteiger partial charge in [-0.05, 0) is 31.2 Å². The van der Waals surface area contributed by atoms with Gasteiger partial charge in [-0.3, -0.25) is 24.5 Å². The zero-order valence-corrected chi connectivity index (χ0v) is 16.5. The number of amides is 2. The summed E-state index contributed by atoms with van der Waals surface area (Å²) in [4.78, 5) is 58.0. The smallest absolute Gasteiger partial charge is 0.345 e. The third-order valence-corrected chi connectivity index (χ3v) is 3.93. The van der Waals surface area contributed by atoms with E-state index in [9.17, 15) is 29.3 Å². The Balaban J connectivity index is 2.23. The molecule has 0 radical (unpaired) electrons. The summed E-state index contributed by atoms with van der Waals surface area (Å²) < 4.78 is 4.97. The van der Waals surface area contributed by atoms with Crippen LogP contribution in [-0.2, 0) is 14.3 Å². The van der Waals surface area contributed by atoms with Crippen LogP contribution < -0.4 is 10.6 Å². The minimum atomic E-state index is -1.02. The van der Waals surface area contributed by atoms with Gasteiger partial charge >= 0.3 is 5.97 Å². The highest BCUT2D eigenvalue weighted by atomic mass is 16.6. The highest BCUT2D eigenvalue weighted by molar-refractivity contribution is 6.07. The lowest BCUT2D eigenvalue weighted by Gasteiger charge is -2.12. The molecule has 0 bridgehead atoms. The predicted molar refractivity (Wildman–Crippen MR) is 107 cm³/mol. The molecule has 10 heteroatoms. The van der Waals surface area contributed by atoms with Crippen molar-refractivity contribution in [2.45, 2.75) is 20.8 Å². The van der Waals surface area contributed by atoms with Crippen molar-refractivity contribution in [3.8, 4) is 0 Å². The number of aryl methyl sites for hydroxylation is 1. The summed E-state index contributed by atoms with van der Waals surface area (Å²) in [6.07, 6.45) is 0. The lowest BCUT2D eigenvalue weighted by molar-refractivity contribution is -0.385. The molecule has 2 aromatic rings. The van der Waals surface area contributed by atoms with Crippen LogP contribution in [0, 0.1) is 17.0 Å². The summed E-state index contributed by atoms with van der Waals surface area (Å²) in [5.41, 5.74) is 0.143. The van der Waals surface area contributed by atoms with Gasteiger partial charge in [0.05, 0.1) is 10.6 Å². The number of carbonyl (C=O) groups excluding carboxylic acids is 4. The highest BCUT2D eigenvalue weighted by Gasteiger charge is 2.24. The van der Waals surface area contributed by atoms with Crippen LogP contribution in [0.5, 0.6) is 0 Å². The third kappa shape index (κ3) is 5.47. The number of para-hydroxylation sites is 1. The van der Waals surface area contributed by atoms with E-state index >= 15 is 0 Å². The summed E-state index contributed by atoms with van der Waals surface area (Å²) >= 11 is 0. The Morgan fingerprint density at radius 3 is 2.27 bits per heavy atom. The van der Waals surface area contributed by atoms with E-state index in [1.165, 1.54) is 57.2 Å². The maximum absolute atomic E-state index is 12.6. The fraction of sp³-hybridized carbons (Fsp3) is 0.200. The van der Waals surface area contributed by atoms with Gasteiger partial charge < -0.3 is 15.4 Å². The highest BCUT2D eigenvalue weighted by Crippen LogP contribution is 2.25. The Hall–Kier alpha value is -4.08. The molecule has 2 N–H and O–H groups in total. The van der Waals surface area contributed by atoms with Crippen LogP contribution in [0.3, 0.4) is 0 Å². The summed E-state index contributed by atoms with van der Waals surface area (Å²) in [6.45, 7) is 3.34. The van der Waals surface area contributed by atoms with Gasteiger partial charge in [-0.1, -0.05) is 12.1 Å². The zero-order chi connectivity index (χ0) is 22.4.